The smallest absolute Gasteiger partial charge is 0.292 e. The summed E-state index contributed by atoms with van der Waals surface area (Å²) in [5.41, 5.74) is 2.46. The van der Waals surface area contributed by atoms with E-state index in [2.05, 4.69) is 15.3 Å². The molecule has 3 rings (SSSR count). The van der Waals surface area contributed by atoms with E-state index in [1.165, 1.54) is 0 Å². The van der Waals surface area contributed by atoms with Crippen molar-refractivity contribution in [2.24, 2.45) is 0 Å². The van der Waals surface area contributed by atoms with Gasteiger partial charge in [-0.3, -0.25) is 14.5 Å². The largest absolute Gasteiger partial charge is 0.379 e. The van der Waals surface area contributed by atoms with E-state index in [1.807, 2.05) is 30.3 Å². The monoisotopic (exact) mass is 356 g/mol. The van der Waals surface area contributed by atoms with Gasteiger partial charge in [-0.05, 0) is 26.0 Å². The molecule has 1 saturated heterocycles. The second-order valence-corrected chi connectivity index (χ2v) is 6.33. The standard InChI is InChI=1S/C19H24N4O3/c1-14-17(15(2)23(21-14)16-6-4-3-5-7-16)18(24)19(25)20-8-9-22-10-12-26-13-11-22/h3-7H,8-13H2,1-2H3,(H,20,25). The lowest BCUT2D eigenvalue weighted by Crippen LogP contribution is -2.42. The lowest BCUT2D eigenvalue weighted by atomic mass is 10.1. The molecule has 1 amide bonds. The molecule has 0 aliphatic carbocycles. The van der Waals surface area contributed by atoms with Crippen molar-refractivity contribution in [1.29, 1.82) is 0 Å². The summed E-state index contributed by atoms with van der Waals surface area (Å²) in [6.07, 6.45) is 0. The van der Waals surface area contributed by atoms with Crippen LogP contribution in [0, 0.1) is 13.8 Å². The van der Waals surface area contributed by atoms with Crippen molar-refractivity contribution in [3.8, 4) is 5.69 Å². The number of amides is 1. The van der Waals surface area contributed by atoms with Crippen LogP contribution in [0.3, 0.4) is 0 Å². The lowest BCUT2D eigenvalue weighted by Gasteiger charge is -2.26. The Morgan fingerprint density at radius 2 is 1.85 bits per heavy atom. The molecule has 2 aromatic rings. The molecule has 0 spiro atoms. The van der Waals surface area contributed by atoms with E-state index in [1.54, 1.807) is 18.5 Å². The Hall–Kier alpha value is -2.51. The third-order valence-electron chi connectivity index (χ3n) is 4.54. The number of hydrogen-bond donors (Lipinski definition) is 1. The first kappa shape index (κ1) is 18.3. The van der Waals surface area contributed by atoms with E-state index in [9.17, 15) is 9.59 Å². The molecule has 7 nitrogen and oxygen atoms in total. The summed E-state index contributed by atoms with van der Waals surface area (Å²) in [6.45, 7) is 7.84. The molecule has 0 radical (unpaired) electrons. The van der Waals surface area contributed by atoms with Gasteiger partial charge in [0, 0.05) is 26.2 Å². The highest BCUT2D eigenvalue weighted by Gasteiger charge is 2.25. The van der Waals surface area contributed by atoms with Crippen molar-refractivity contribution >= 4 is 11.7 Å². The van der Waals surface area contributed by atoms with Crippen LogP contribution in [0.4, 0.5) is 0 Å². The zero-order valence-corrected chi connectivity index (χ0v) is 15.2. The summed E-state index contributed by atoms with van der Waals surface area (Å²) in [7, 11) is 0. The summed E-state index contributed by atoms with van der Waals surface area (Å²) < 4.78 is 6.99. The molecule has 0 unspecified atom stereocenters. The predicted molar refractivity (Wildman–Crippen MR) is 97.6 cm³/mol. The second-order valence-electron chi connectivity index (χ2n) is 6.33. The Bertz CT molecular complexity index is 780. The van der Waals surface area contributed by atoms with E-state index in [-0.39, 0.29) is 0 Å². The van der Waals surface area contributed by atoms with E-state index >= 15 is 0 Å². The number of para-hydroxylation sites is 1. The van der Waals surface area contributed by atoms with Crippen molar-refractivity contribution in [3.05, 3.63) is 47.3 Å². The number of rotatable bonds is 6. The first-order valence-corrected chi connectivity index (χ1v) is 8.82. The molecule has 0 bridgehead atoms. The van der Waals surface area contributed by atoms with E-state index in [4.69, 9.17) is 4.74 Å². The molecule has 0 saturated carbocycles. The van der Waals surface area contributed by atoms with E-state index in [0.29, 0.717) is 43.3 Å². The van der Waals surface area contributed by atoms with Gasteiger partial charge in [0.25, 0.3) is 11.7 Å². The SMILES string of the molecule is Cc1nn(-c2ccccc2)c(C)c1C(=O)C(=O)NCCN1CCOCC1. The number of carbonyl (C=O) groups is 2. The highest BCUT2D eigenvalue weighted by Crippen LogP contribution is 2.18. The van der Waals surface area contributed by atoms with Crippen LogP contribution in [0.25, 0.3) is 5.69 Å². The molecule has 1 aromatic heterocycles. The van der Waals surface area contributed by atoms with Gasteiger partial charge in [0.1, 0.15) is 0 Å². The highest BCUT2D eigenvalue weighted by molar-refractivity contribution is 6.43. The molecule has 0 atom stereocenters. The molecular weight excluding hydrogens is 332 g/mol. The topological polar surface area (TPSA) is 76.5 Å². The molecule has 1 aromatic carbocycles. The average Bonchev–Trinajstić information content (AvgIpc) is 2.97. The molecular formula is C19H24N4O3. The maximum Gasteiger partial charge on any atom is 0.292 e. The fourth-order valence-corrected chi connectivity index (χ4v) is 3.14. The summed E-state index contributed by atoms with van der Waals surface area (Å²) in [5.74, 6) is -1.12. The number of hydrogen-bond acceptors (Lipinski definition) is 5. The third-order valence-corrected chi connectivity index (χ3v) is 4.54. The number of benzene rings is 1. The third kappa shape index (κ3) is 4.00. The minimum absolute atomic E-state index is 0.373. The highest BCUT2D eigenvalue weighted by atomic mass is 16.5. The number of nitrogens with one attached hydrogen (secondary N) is 1. The Kier molecular flexibility index (Phi) is 5.80. The van der Waals surface area contributed by atoms with Crippen LogP contribution in [0.2, 0.25) is 0 Å². The average molecular weight is 356 g/mol. The molecule has 7 heteroatoms. The quantitative estimate of drug-likeness (QED) is 0.620. The van der Waals surface area contributed by atoms with Crippen LogP contribution in [-0.4, -0.2) is 65.8 Å². The van der Waals surface area contributed by atoms with Crippen LogP contribution < -0.4 is 5.32 Å². The number of ether oxygens (including phenoxy) is 1. The number of nitrogens with zero attached hydrogens (tertiary/aromatic N) is 3. The zero-order chi connectivity index (χ0) is 18.5. The molecule has 2 heterocycles. The number of ketones is 1. The van der Waals surface area contributed by atoms with E-state index in [0.717, 1.165) is 18.8 Å². The molecule has 138 valence electrons. The van der Waals surface area contributed by atoms with Crippen LogP contribution in [0.15, 0.2) is 30.3 Å². The van der Waals surface area contributed by atoms with Gasteiger partial charge in [-0.15, -0.1) is 0 Å². The summed E-state index contributed by atoms with van der Waals surface area (Å²) in [5, 5.41) is 7.16. The van der Waals surface area contributed by atoms with Crippen molar-refractivity contribution in [2.75, 3.05) is 39.4 Å². The van der Waals surface area contributed by atoms with Crippen LogP contribution in [-0.2, 0) is 9.53 Å². The lowest BCUT2D eigenvalue weighted by molar-refractivity contribution is -0.117. The number of morpholine rings is 1. The maximum atomic E-state index is 12.6. The molecule has 26 heavy (non-hydrogen) atoms. The minimum atomic E-state index is -0.586. The van der Waals surface area contributed by atoms with Gasteiger partial charge in [0.15, 0.2) is 0 Å². The maximum absolute atomic E-state index is 12.6. The molecule has 1 aliphatic rings. The first-order valence-electron chi connectivity index (χ1n) is 8.82. The van der Waals surface area contributed by atoms with Crippen molar-refractivity contribution < 1.29 is 14.3 Å². The fraction of sp³-hybridized carbons (Fsp3) is 0.421. The second kappa shape index (κ2) is 8.25. The van der Waals surface area contributed by atoms with Gasteiger partial charge < -0.3 is 10.1 Å². The molecule has 1 aliphatic heterocycles. The normalized spacial score (nSPS) is 15.0. The van der Waals surface area contributed by atoms with Gasteiger partial charge in [0.2, 0.25) is 0 Å². The van der Waals surface area contributed by atoms with Gasteiger partial charge in [-0.1, -0.05) is 18.2 Å². The van der Waals surface area contributed by atoms with Crippen LogP contribution >= 0.6 is 0 Å². The van der Waals surface area contributed by atoms with Gasteiger partial charge in [0.05, 0.1) is 35.9 Å². The Balaban J connectivity index is 1.65. The van der Waals surface area contributed by atoms with Crippen molar-refractivity contribution in [2.45, 2.75) is 13.8 Å². The van der Waals surface area contributed by atoms with E-state index < -0.39 is 11.7 Å². The van der Waals surface area contributed by atoms with Gasteiger partial charge in [-0.25, -0.2) is 4.68 Å². The van der Waals surface area contributed by atoms with Crippen LogP contribution in [0.5, 0.6) is 0 Å². The van der Waals surface area contributed by atoms with Crippen molar-refractivity contribution in [1.82, 2.24) is 20.0 Å². The number of aryl methyl sites for hydroxylation is 1. The summed E-state index contributed by atoms with van der Waals surface area (Å²) in [6, 6.07) is 9.56. The Morgan fingerprint density at radius 3 is 2.54 bits per heavy atom. The summed E-state index contributed by atoms with van der Waals surface area (Å²) >= 11 is 0. The first-order chi connectivity index (χ1) is 12.6. The number of Topliss-reactive ketones (excluding diaryl/α,β-unsaturated/α-hetero) is 1. The zero-order valence-electron chi connectivity index (χ0n) is 15.2. The number of carbonyl (C=O) groups excluding carboxylic acids is 2. The molecule has 1 N–H and O–H groups in total. The minimum Gasteiger partial charge on any atom is -0.379 e. The Morgan fingerprint density at radius 1 is 1.15 bits per heavy atom. The van der Waals surface area contributed by atoms with Gasteiger partial charge in [-0.2, -0.15) is 5.10 Å². The Labute approximate surface area is 152 Å². The summed E-state index contributed by atoms with van der Waals surface area (Å²) in [4.78, 5) is 27.1. The van der Waals surface area contributed by atoms with Gasteiger partial charge >= 0.3 is 0 Å². The van der Waals surface area contributed by atoms with Crippen LogP contribution in [0.1, 0.15) is 21.7 Å². The molecule has 1 fully saturated rings. The number of aromatic nitrogens is 2. The predicted octanol–water partition coefficient (Wildman–Crippen LogP) is 1.12. The fourth-order valence-electron chi connectivity index (χ4n) is 3.14. The van der Waals surface area contributed by atoms with Crippen molar-refractivity contribution in [3.63, 3.8) is 0 Å².